The van der Waals surface area contributed by atoms with Crippen molar-refractivity contribution in [1.82, 2.24) is 9.80 Å². The lowest BCUT2D eigenvalue weighted by Gasteiger charge is -2.39. The molecule has 2 fully saturated rings. The van der Waals surface area contributed by atoms with Crippen LogP contribution in [-0.4, -0.2) is 47.8 Å². The highest BCUT2D eigenvalue weighted by atomic mass is 16.2. The summed E-state index contributed by atoms with van der Waals surface area (Å²) in [4.78, 5) is 28.8. The molecular formula is C17H26N2O2. The molecule has 2 aliphatic carbocycles. The van der Waals surface area contributed by atoms with Crippen LogP contribution in [0, 0.1) is 23.2 Å². The average molecular weight is 290 g/mol. The van der Waals surface area contributed by atoms with Crippen LogP contribution >= 0.6 is 0 Å². The molecule has 3 rings (SSSR count). The SMILES string of the molecule is CC(C)(C)C(=O)N1CCN(C(=O)C2CC3C=CC2C3)CC1. The lowest BCUT2D eigenvalue weighted by atomic mass is 9.91. The van der Waals surface area contributed by atoms with E-state index in [-0.39, 0.29) is 17.2 Å². The van der Waals surface area contributed by atoms with E-state index < -0.39 is 0 Å². The van der Waals surface area contributed by atoms with Gasteiger partial charge >= 0.3 is 0 Å². The fourth-order valence-electron chi connectivity index (χ4n) is 3.90. The number of amides is 2. The van der Waals surface area contributed by atoms with Crippen molar-refractivity contribution in [3.8, 4) is 0 Å². The van der Waals surface area contributed by atoms with Crippen LogP contribution in [0.1, 0.15) is 33.6 Å². The number of fused-ring (bicyclic) bond motifs is 2. The molecule has 1 saturated carbocycles. The largest absolute Gasteiger partial charge is 0.339 e. The van der Waals surface area contributed by atoms with Crippen LogP contribution in [0.2, 0.25) is 0 Å². The summed E-state index contributed by atoms with van der Waals surface area (Å²) < 4.78 is 0. The van der Waals surface area contributed by atoms with Crippen LogP contribution in [0.5, 0.6) is 0 Å². The smallest absolute Gasteiger partial charge is 0.228 e. The first-order valence-corrected chi connectivity index (χ1v) is 8.13. The topological polar surface area (TPSA) is 40.6 Å². The molecule has 3 unspecified atom stereocenters. The Labute approximate surface area is 127 Å². The molecule has 0 N–H and O–H groups in total. The van der Waals surface area contributed by atoms with Crippen LogP contribution in [0.25, 0.3) is 0 Å². The Morgan fingerprint density at radius 1 is 0.952 bits per heavy atom. The molecule has 4 heteroatoms. The molecule has 0 aromatic heterocycles. The maximum Gasteiger partial charge on any atom is 0.228 e. The number of hydrogen-bond acceptors (Lipinski definition) is 2. The highest BCUT2D eigenvalue weighted by Gasteiger charge is 2.42. The van der Waals surface area contributed by atoms with Crippen LogP contribution in [0.3, 0.4) is 0 Å². The third-order valence-electron chi connectivity index (χ3n) is 5.12. The predicted molar refractivity (Wildman–Crippen MR) is 81.5 cm³/mol. The van der Waals surface area contributed by atoms with E-state index in [9.17, 15) is 9.59 Å². The van der Waals surface area contributed by atoms with E-state index >= 15 is 0 Å². The Morgan fingerprint density at radius 3 is 2.05 bits per heavy atom. The first-order chi connectivity index (χ1) is 9.86. The van der Waals surface area contributed by atoms with Crippen molar-refractivity contribution in [2.75, 3.05) is 26.2 Å². The molecule has 2 bridgehead atoms. The normalized spacial score (nSPS) is 31.9. The van der Waals surface area contributed by atoms with Gasteiger partial charge in [0.05, 0.1) is 0 Å². The number of carbonyl (C=O) groups is 2. The summed E-state index contributed by atoms with van der Waals surface area (Å²) in [5, 5.41) is 0. The van der Waals surface area contributed by atoms with Crippen molar-refractivity contribution >= 4 is 11.8 Å². The Hall–Kier alpha value is -1.32. The third kappa shape index (κ3) is 2.72. The standard InChI is InChI=1S/C17H26N2O2/c1-17(2,3)16(21)19-8-6-18(7-9-19)15(20)14-11-12-4-5-13(14)10-12/h4-5,12-14H,6-11H2,1-3H3. The quantitative estimate of drug-likeness (QED) is 0.692. The molecular weight excluding hydrogens is 264 g/mol. The second kappa shape index (κ2) is 5.15. The minimum Gasteiger partial charge on any atom is -0.339 e. The van der Waals surface area contributed by atoms with Gasteiger partial charge < -0.3 is 9.80 Å². The van der Waals surface area contributed by atoms with Crippen molar-refractivity contribution < 1.29 is 9.59 Å². The molecule has 1 saturated heterocycles. The Balaban J connectivity index is 1.55. The van der Waals surface area contributed by atoms with Crippen LogP contribution in [0.4, 0.5) is 0 Å². The van der Waals surface area contributed by atoms with Gasteiger partial charge in [-0.2, -0.15) is 0 Å². The van der Waals surface area contributed by atoms with Gasteiger partial charge in [-0.25, -0.2) is 0 Å². The number of allylic oxidation sites excluding steroid dienone is 2. The first-order valence-electron chi connectivity index (χ1n) is 8.13. The Bertz CT molecular complexity index is 470. The molecule has 116 valence electrons. The third-order valence-corrected chi connectivity index (χ3v) is 5.12. The zero-order chi connectivity index (χ0) is 15.2. The molecule has 0 spiro atoms. The monoisotopic (exact) mass is 290 g/mol. The molecule has 0 radical (unpaired) electrons. The summed E-state index contributed by atoms with van der Waals surface area (Å²) in [6.07, 6.45) is 6.70. The predicted octanol–water partition coefficient (Wildman–Crippen LogP) is 1.92. The van der Waals surface area contributed by atoms with Gasteiger partial charge in [-0.15, -0.1) is 0 Å². The van der Waals surface area contributed by atoms with Crippen molar-refractivity contribution in [3.63, 3.8) is 0 Å². The summed E-state index contributed by atoms with van der Waals surface area (Å²) in [6, 6.07) is 0. The van der Waals surface area contributed by atoms with Gasteiger partial charge in [0, 0.05) is 37.5 Å². The molecule has 2 amide bonds. The van der Waals surface area contributed by atoms with E-state index in [0.29, 0.717) is 43.9 Å². The summed E-state index contributed by atoms with van der Waals surface area (Å²) in [6.45, 7) is 8.60. The van der Waals surface area contributed by atoms with Gasteiger partial charge in [-0.3, -0.25) is 9.59 Å². The Morgan fingerprint density at radius 2 is 1.57 bits per heavy atom. The van der Waals surface area contributed by atoms with E-state index in [1.54, 1.807) is 0 Å². The molecule has 3 atom stereocenters. The maximum absolute atomic E-state index is 12.7. The fourth-order valence-corrected chi connectivity index (χ4v) is 3.90. The van der Waals surface area contributed by atoms with E-state index in [2.05, 4.69) is 12.2 Å². The van der Waals surface area contributed by atoms with Gasteiger partial charge in [-0.1, -0.05) is 32.9 Å². The molecule has 1 aliphatic heterocycles. The molecule has 1 heterocycles. The lowest BCUT2D eigenvalue weighted by Crippen LogP contribution is -2.54. The summed E-state index contributed by atoms with van der Waals surface area (Å²) in [7, 11) is 0. The van der Waals surface area contributed by atoms with E-state index in [4.69, 9.17) is 0 Å². The second-order valence-electron chi connectivity index (χ2n) is 7.75. The number of rotatable bonds is 1. The van der Waals surface area contributed by atoms with Crippen molar-refractivity contribution in [2.45, 2.75) is 33.6 Å². The number of hydrogen-bond donors (Lipinski definition) is 0. The summed E-state index contributed by atoms with van der Waals surface area (Å²) in [5.74, 6) is 1.81. The van der Waals surface area contributed by atoms with Crippen LogP contribution < -0.4 is 0 Å². The number of piperazine rings is 1. The molecule has 3 aliphatic rings. The van der Waals surface area contributed by atoms with Crippen LogP contribution in [0.15, 0.2) is 12.2 Å². The highest BCUT2D eigenvalue weighted by molar-refractivity contribution is 5.83. The van der Waals surface area contributed by atoms with E-state index in [1.807, 2.05) is 30.6 Å². The Kier molecular flexibility index (Phi) is 3.58. The summed E-state index contributed by atoms with van der Waals surface area (Å²) >= 11 is 0. The van der Waals surface area contributed by atoms with Crippen molar-refractivity contribution in [3.05, 3.63) is 12.2 Å². The lowest BCUT2D eigenvalue weighted by molar-refractivity contribution is -0.146. The fraction of sp³-hybridized carbons (Fsp3) is 0.765. The zero-order valence-corrected chi connectivity index (χ0v) is 13.3. The van der Waals surface area contributed by atoms with Gasteiger partial charge in [0.1, 0.15) is 0 Å². The van der Waals surface area contributed by atoms with Gasteiger partial charge in [-0.05, 0) is 24.7 Å². The highest BCUT2D eigenvalue weighted by Crippen LogP contribution is 2.44. The molecule has 21 heavy (non-hydrogen) atoms. The van der Waals surface area contributed by atoms with Gasteiger partial charge in [0.25, 0.3) is 0 Å². The van der Waals surface area contributed by atoms with E-state index in [1.165, 1.54) is 6.42 Å². The summed E-state index contributed by atoms with van der Waals surface area (Å²) in [5.41, 5.74) is -0.332. The molecule has 0 aromatic carbocycles. The number of carbonyl (C=O) groups excluding carboxylic acids is 2. The minimum atomic E-state index is -0.332. The van der Waals surface area contributed by atoms with Crippen molar-refractivity contribution in [2.24, 2.45) is 23.2 Å². The first kappa shape index (κ1) is 14.6. The van der Waals surface area contributed by atoms with Crippen LogP contribution in [-0.2, 0) is 9.59 Å². The maximum atomic E-state index is 12.7. The van der Waals surface area contributed by atoms with Crippen molar-refractivity contribution in [1.29, 1.82) is 0 Å². The molecule has 4 nitrogen and oxygen atoms in total. The second-order valence-corrected chi connectivity index (χ2v) is 7.75. The zero-order valence-electron chi connectivity index (χ0n) is 13.3. The minimum absolute atomic E-state index is 0.192. The average Bonchev–Trinajstić information content (AvgIpc) is 3.07. The molecule has 0 aromatic rings. The number of nitrogens with zero attached hydrogens (tertiary/aromatic N) is 2. The van der Waals surface area contributed by atoms with Gasteiger partial charge in [0.15, 0.2) is 0 Å². The van der Waals surface area contributed by atoms with Gasteiger partial charge in [0.2, 0.25) is 11.8 Å². The van der Waals surface area contributed by atoms with E-state index in [0.717, 1.165) is 6.42 Å².